The van der Waals surface area contributed by atoms with Gasteiger partial charge in [-0.05, 0) is 65.8 Å². The quantitative estimate of drug-likeness (QED) is 0.278. The highest BCUT2D eigenvalue weighted by atomic mass is 16.6. The van der Waals surface area contributed by atoms with E-state index in [1.807, 2.05) is 50.2 Å². The molecule has 7 heteroatoms. The number of fused-ring (bicyclic) bond motifs is 1. The first-order valence-corrected chi connectivity index (χ1v) is 14.8. The lowest BCUT2D eigenvalue weighted by Gasteiger charge is -2.44. The Balaban J connectivity index is 1.29. The van der Waals surface area contributed by atoms with Crippen LogP contribution >= 0.6 is 0 Å². The summed E-state index contributed by atoms with van der Waals surface area (Å²) in [6, 6.07) is 22.4. The topological polar surface area (TPSA) is 80.3 Å². The van der Waals surface area contributed by atoms with Gasteiger partial charge < -0.3 is 23.7 Å². The maximum atomic E-state index is 12.1. The van der Waals surface area contributed by atoms with Gasteiger partial charge in [-0.25, -0.2) is 0 Å². The lowest BCUT2D eigenvalue weighted by atomic mass is 9.83. The molecule has 1 fully saturated rings. The highest BCUT2D eigenvalue weighted by Gasteiger charge is 2.47. The molecule has 2 aliphatic rings. The minimum Gasteiger partial charge on any atom is -0.490 e. The summed E-state index contributed by atoms with van der Waals surface area (Å²) in [6.45, 7) is 9.34. The largest absolute Gasteiger partial charge is 0.490 e. The van der Waals surface area contributed by atoms with Gasteiger partial charge in [0.25, 0.3) is 0 Å². The summed E-state index contributed by atoms with van der Waals surface area (Å²) in [5.74, 6) is 0.781. The molecule has 3 aromatic carbocycles. The predicted molar refractivity (Wildman–Crippen MR) is 159 cm³/mol. The van der Waals surface area contributed by atoms with Crippen molar-refractivity contribution >= 4 is 11.9 Å². The maximum Gasteiger partial charge on any atom is 0.303 e. The van der Waals surface area contributed by atoms with E-state index in [0.29, 0.717) is 13.0 Å². The highest BCUT2D eigenvalue weighted by molar-refractivity contribution is 5.67. The van der Waals surface area contributed by atoms with Crippen LogP contribution in [0.4, 0.5) is 0 Å². The van der Waals surface area contributed by atoms with Crippen molar-refractivity contribution in [1.29, 1.82) is 0 Å². The van der Waals surface area contributed by atoms with E-state index in [0.717, 1.165) is 46.6 Å². The van der Waals surface area contributed by atoms with Crippen molar-refractivity contribution in [2.75, 3.05) is 6.61 Å². The van der Waals surface area contributed by atoms with Crippen molar-refractivity contribution in [3.8, 4) is 11.5 Å². The number of ether oxygens (including phenoxy) is 5. The fourth-order valence-corrected chi connectivity index (χ4v) is 6.01. The minimum absolute atomic E-state index is 0.0148. The standard InChI is InChI=1S/C35H40O7/c1-6-31-22(3)33(39-23(4)36)35(40-24(5)37)34(42-31)27-14-11-21(2)28(18-27)17-25-12-15-29(16-13-25)38-20-30-19-26-9-7-8-10-32(26)41-30/h7-16,18,22,30-31,33-35H,6,17,19-20H2,1-5H3/t22-,30?,31-,33+,34+,35-/m1/s1. The average molecular weight is 573 g/mol. The van der Waals surface area contributed by atoms with Crippen LogP contribution in [0.3, 0.4) is 0 Å². The Bertz CT molecular complexity index is 1370. The molecule has 0 aromatic heterocycles. The van der Waals surface area contributed by atoms with Crippen LogP contribution in [-0.2, 0) is 36.6 Å². The average Bonchev–Trinajstić information content (AvgIpc) is 3.39. The Labute approximate surface area is 248 Å². The number of carbonyl (C=O) groups excluding carboxylic acids is 2. The molecular weight excluding hydrogens is 532 g/mol. The molecule has 3 aromatic rings. The second-order valence-corrected chi connectivity index (χ2v) is 11.4. The van der Waals surface area contributed by atoms with Crippen molar-refractivity contribution in [3.63, 3.8) is 0 Å². The van der Waals surface area contributed by atoms with Gasteiger partial charge >= 0.3 is 11.9 Å². The van der Waals surface area contributed by atoms with Gasteiger partial charge in [-0.1, -0.05) is 62.4 Å². The molecule has 1 saturated heterocycles. The summed E-state index contributed by atoms with van der Waals surface area (Å²) in [5, 5.41) is 0. The maximum absolute atomic E-state index is 12.1. The number of para-hydroxylation sites is 1. The number of esters is 2. The summed E-state index contributed by atoms with van der Waals surface area (Å²) in [7, 11) is 0. The molecule has 2 aliphatic heterocycles. The first-order chi connectivity index (χ1) is 20.2. The number of rotatable bonds is 9. The number of hydrogen-bond acceptors (Lipinski definition) is 7. The molecule has 0 spiro atoms. The monoisotopic (exact) mass is 572 g/mol. The molecule has 0 N–H and O–H groups in total. The normalized spacial score (nSPS) is 24.8. The van der Waals surface area contributed by atoms with Gasteiger partial charge in [0, 0.05) is 26.2 Å². The van der Waals surface area contributed by atoms with Gasteiger partial charge in [0.1, 0.15) is 36.4 Å². The minimum atomic E-state index is -0.743. The molecule has 0 saturated carbocycles. The number of aryl methyl sites for hydroxylation is 1. The van der Waals surface area contributed by atoms with Crippen LogP contribution in [0.15, 0.2) is 66.7 Å². The van der Waals surface area contributed by atoms with E-state index in [2.05, 4.69) is 37.3 Å². The molecule has 7 nitrogen and oxygen atoms in total. The van der Waals surface area contributed by atoms with Gasteiger partial charge in [0.2, 0.25) is 0 Å². The summed E-state index contributed by atoms with van der Waals surface area (Å²) in [5.41, 5.74) is 5.54. The Hall–Kier alpha value is -3.84. The van der Waals surface area contributed by atoms with Crippen LogP contribution in [0.2, 0.25) is 0 Å². The Morgan fingerprint density at radius 1 is 0.929 bits per heavy atom. The fourth-order valence-electron chi connectivity index (χ4n) is 6.01. The van der Waals surface area contributed by atoms with E-state index in [-0.39, 0.29) is 18.1 Å². The third-order valence-electron chi connectivity index (χ3n) is 8.22. The van der Waals surface area contributed by atoms with Crippen LogP contribution in [-0.4, -0.2) is 43.0 Å². The Morgan fingerprint density at radius 3 is 2.33 bits per heavy atom. The summed E-state index contributed by atoms with van der Waals surface area (Å²) >= 11 is 0. The SMILES string of the molecule is CC[C@H]1O[C@@H](c2ccc(C)c(Cc3ccc(OCC4Cc5ccccc5O4)cc3)c2)[C@H](OC(C)=O)[C@@H](OC(C)=O)[C@@H]1C. The molecule has 42 heavy (non-hydrogen) atoms. The van der Waals surface area contributed by atoms with Gasteiger partial charge in [0.15, 0.2) is 6.10 Å². The van der Waals surface area contributed by atoms with Crippen molar-refractivity contribution < 1.29 is 33.3 Å². The van der Waals surface area contributed by atoms with E-state index < -0.39 is 30.3 Å². The lowest BCUT2D eigenvalue weighted by Crippen LogP contribution is -2.52. The van der Waals surface area contributed by atoms with E-state index in [1.54, 1.807) is 0 Å². The van der Waals surface area contributed by atoms with Crippen LogP contribution in [0, 0.1) is 12.8 Å². The van der Waals surface area contributed by atoms with Crippen LogP contribution in [0.25, 0.3) is 0 Å². The number of carbonyl (C=O) groups is 2. The summed E-state index contributed by atoms with van der Waals surface area (Å²) in [4.78, 5) is 24.1. The highest BCUT2D eigenvalue weighted by Crippen LogP contribution is 2.40. The molecule has 0 radical (unpaired) electrons. The third-order valence-corrected chi connectivity index (χ3v) is 8.22. The molecule has 222 valence electrons. The zero-order chi connectivity index (χ0) is 29.8. The van der Waals surface area contributed by atoms with E-state index >= 15 is 0 Å². The van der Waals surface area contributed by atoms with E-state index in [4.69, 9.17) is 23.7 Å². The molecular formula is C35H40O7. The Kier molecular flexibility index (Phi) is 9.17. The van der Waals surface area contributed by atoms with Crippen molar-refractivity contribution in [2.24, 2.45) is 5.92 Å². The van der Waals surface area contributed by atoms with Crippen LogP contribution in [0.5, 0.6) is 11.5 Å². The van der Waals surface area contributed by atoms with Crippen molar-refractivity contribution in [2.45, 2.75) is 84.4 Å². The molecule has 2 heterocycles. The van der Waals surface area contributed by atoms with Gasteiger partial charge in [-0.15, -0.1) is 0 Å². The Morgan fingerprint density at radius 2 is 1.64 bits per heavy atom. The molecule has 0 aliphatic carbocycles. The number of hydrogen-bond donors (Lipinski definition) is 0. The molecule has 1 unspecified atom stereocenters. The van der Waals surface area contributed by atoms with E-state index in [1.165, 1.54) is 19.4 Å². The summed E-state index contributed by atoms with van der Waals surface area (Å²) in [6.07, 6.45) is 0.282. The molecule has 6 atom stereocenters. The molecule has 5 rings (SSSR count). The van der Waals surface area contributed by atoms with Gasteiger partial charge in [0.05, 0.1) is 6.10 Å². The second-order valence-electron chi connectivity index (χ2n) is 11.4. The number of benzene rings is 3. The lowest BCUT2D eigenvalue weighted by molar-refractivity contribution is -0.225. The van der Waals surface area contributed by atoms with Crippen molar-refractivity contribution in [1.82, 2.24) is 0 Å². The van der Waals surface area contributed by atoms with Crippen LogP contribution < -0.4 is 9.47 Å². The van der Waals surface area contributed by atoms with Crippen molar-refractivity contribution in [3.05, 3.63) is 94.5 Å². The van der Waals surface area contributed by atoms with Gasteiger partial charge in [-0.2, -0.15) is 0 Å². The van der Waals surface area contributed by atoms with Gasteiger partial charge in [-0.3, -0.25) is 9.59 Å². The zero-order valence-corrected chi connectivity index (χ0v) is 25.0. The summed E-state index contributed by atoms with van der Waals surface area (Å²) < 4.78 is 30.0. The third kappa shape index (κ3) is 6.79. The second kappa shape index (κ2) is 13.0. The molecule has 0 amide bonds. The fraction of sp³-hybridized carbons (Fsp3) is 0.429. The van der Waals surface area contributed by atoms with Crippen LogP contribution in [0.1, 0.15) is 68.0 Å². The van der Waals surface area contributed by atoms with E-state index in [9.17, 15) is 9.59 Å². The smallest absolute Gasteiger partial charge is 0.303 e. The first-order valence-electron chi connectivity index (χ1n) is 14.8. The first kappa shape index (κ1) is 29.6. The molecule has 0 bridgehead atoms. The predicted octanol–water partition coefficient (Wildman–Crippen LogP) is 6.32. The zero-order valence-electron chi connectivity index (χ0n) is 25.0.